The lowest BCUT2D eigenvalue weighted by atomic mass is 10.1. The fraction of sp³-hybridized carbons (Fsp3) is 0.167. The molecule has 1 unspecified atom stereocenters. The third-order valence-corrected chi connectivity index (χ3v) is 6.94. The second-order valence-corrected chi connectivity index (χ2v) is 9.82. The van der Waals surface area contributed by atoms with Crippen LogP contribution in [0.1, 0.15) is 46.9 Å². The van der Waals surface area contributed by atoms with Crippen molar-refractivity contribution in [3.63, 3.8) is 0 Å². The lowest BCUT2D eigenvalue weighted by Crippen LogP contribution is -2.38. The highest BCUT2D eigenvalue weighted by Crippen LogP contribution is 2.29. The van der Waals surface area contributed by atoms with Crippen molar-refractivity contribution in [2.75, 3.05) is 0 Å². The predicted octanol–water partition coefficient (Wildman–Crippen LogP) is 6.84. The van der Waals surface area contributed by atoms with E-state index in [0.717, 1.165) is 10.0 Å². The molecule has 7 heteroatoms. The molecule has 186 valence electrons. The minimum Gasteiger partial charge on any atom is -0.467 e. The van der Waals surface area contributed by atoms with Crippen molar-refractivity contribution in [1.82, 2.24) is 14.5 Å². The van der Waals surface area contributed by atoms with Crippen LogP contribution in [-0.4, -0.2) is 20.4 Å². The minimum absolute atomic E-state index is 0.159. The summed E-state index contributed by atoms with van der Waals surface area (Å²) in [5, 5.41) is 0.520. The lowest BCUT2D eigenvalue weighted by molar-refractivity contribution is 0.0624. The van der Waals surface area contributed by atoms with Crippen LogP contribution < -0.4 is 5.56 Å². The van der Waals surface area contributed by atoms with Gasteiger partial charge in [0.15, 0.2) is 0 Å². The quantitative estimate of drug-likeness (QED) is 0.220. The van der Waals surface area contributed by atoms with Gasteiger partial charge < -0.3 is 9.32 Å². The van der Waals surface area contributed by atoms with Crippen molar-refractivity contribution in [1.29, 1.82) is 0 Å². The normalized spacial score (nSPS) is 12.0. The van der Waals surface area contributed by atoms with Crippen LogP contribution in [0.2, 0.25) is 0 Å². The van der Waals surface area contributed by atoms with Gasteiger partial charge in [0.05, 0.1) is 35.4 Å². The fourth-order valence-electron chi connectivity index (χ4n) is 4.51. The van der Waals surface area contributed by atoms with Crippen molar-refractivity contribution < 1.29 is 9.21 Å². The van der Waals surface area contributed by atoms with Crippen molar-refractivity contribution in [3.8, 4) is 5.69 Å². The van der Waals surface area contributed by atoms with Gasteiger partial charge in [-0.2, -0.15) is 0 Å². The number of nitrogens with zero attached hydrogens (tertiary/aromatic N) is 3. The topological polar surface area (TPSA) is 68.3 Å². The molecular formula is C30H26BrN3O3. The first-order valence-corrected chi connectivity index (χ1v) is 12.9. The van der Waals surface area contributed by atoms with Crippen molar-refractivity contribution in [2.24, 2.45) is 0 Å². The van der Waals surface area contributed by atoms with Crippen LogP contribution in [0.15, 0.2) is 105 Å². The van der Waals surface area contributed by atoms with E-state index in [2.05, 4.69) is 15.9 Å². The molecule has 0 saturated carbocycles. The number of benzene rings is 3. The van der Waals surface area contributed by atoms with Crippen LogP contribution in [-0.2, 0) is 6.54 Å². The summed E-state index contributed by atoms with van der Waals surface area (Å²) < 4.78 is 8.16. The van der Waals surface area contributed by atoms with Crippen molar-refractivity contribution in [3.05, 3.63) is 129 Å². The summed E-state index contributed by atoms with van der Waals surface area (Å²) in [5.74, 6) is 0.991. The number of aryl methyl sites for hydroxylation is 1. The molecule has 0 aliphatic heterocycles. The Bertz CT molecular complexity index is 1590. The molecular weight excluding hydrogens is 530 g/mol. The van der Waals surface area contributed by atoms with E-state index in [1.165, 1.54) is 0 Å². The first kappa shape index (κ1) is 24.7. The third-order valence-electron chi connectivity index (χ3n) is 6.41. The molecule has 37 heavy (non-hydrogen) atoms. The van der Waals surface area contributed by atoms with E-state index in [9.17, 15) is 9.59 Å². The molecule has 2 aromatic heterocycles. The summed E-state index contributed by atoms with van der Waals surface area (Å²) >= 11 is 3.48. The Morgan fingerprint density at radius 3 is 2.41 bits per heavy atom. The Kier molecular flexibility index (Phi) is 7.06. The molecule has 2 heterocycles. The Labute approximate surface area is 223 Å². The zero-order valence-corrected chi connectivity index (χ0v) is 22.2. The number of carbonyl (C=O) groups excluding carboxylic acids is 1. The van der Waals surface area contributed by atoms with E-state index in [0.29, 0.717) is 40.2 Å². The molecule has 0 bridgehead atoms. The maximum Gasteiger partial charge on any atom is 0.266 e. The minimum atomic E-state index is -0.500. The first-order valence-electron chi connectivity index (χ1n) is 12.1. The van der Waals surface area contributed by atoms with E-state index >= 15 is 0 Å². The monoisotopic (exact) mass is 555 g/mol. The molecule has 3 aromatic carbocycles. The third kappa shape index (κ3) is 5.00. The van der Waals surface area contributed by atoms with Crippen LogP contribution in [0.5, 0.6) is 0 Å². The molecule has 0 aliphatic carbocycles. The maximum atomic E-state index is 14.0. The smallest absolute Gasteiger partial charge is 0.266 e. The molecule has 0 spiro atoms. The molecule has 0 N–H and O–H groups in total. The number of amides is 1. The molecule has 0 fully saturated rings. The van der Waals surface area contributed by atoms with E-state index in [1.807, 2.05) is 86.6 Å². The van der Waals surface area contributed by atoms with Gasteiger partial charge in [-0.25, -0.2) is 4.98 Å². The fourth-order valence-corrected chi connectivity index (χ4v) is 4.78. The summed E-state index contributed by atoms with van der Waals surface area (Å²) in [7, 11) is 0. The molecule has 1 atom stereocenters. The standard InChI is InChI=1S/C30H26BrN3O3/c1-3-27(33(19-24-7-6-18-37-24)29(35)21-12-10-20(2)11-13-21)28-32-26-9-5-4-8-25(26)30(36)34(28)23-16-14-22(31)15-17-23/h4-18,27H,3,19H2,1-2H3. The van der Waals surface area contributed by atoms with Gasteiger partial charge in [0, 0.05) is 10.0 Å². The van der Waals surface area contributed by atoms with Gasteiger partial charge in [0.1, 0.15) is 11.6 Å². The van der Waals surface area contributed by atoms with Crippen LogP contribution >= 0.6 is 15.9 Å². The number of hydrogen-bond donors (Lipinski definition) is 0. The van der Waals surface area contributed by atoms with Gasteiger partial charge in [0.25, 0.3) is 11.5 Å². The molecule has 5 aromatic rings. The van der Waals surface area contributed by atoms with E-state index in [1.54, 1.807) is 27.9 Å². The Balaban J connectivity index is 1.72. The number of fused-ring (bicyclic) bond motifs is 1. The molecule has 0 saturated heterocycles. The van der Waals surface area contributed by atoms with Crippen molar-refractivity contribution >= 4 is 32.7 Å². The zero-order chi connectivity index (χ0) is 25.9. The van der Waals surface area contributed by atoms with E-state index < -0.39 is 6.04 Å². The first-order chi connectivity index (χ1) is 18.0. The van der Waals surface area contributed by atoms with Gasteiger partial charge >= 0.3 is 0 Å². The second kappa shape index (κ2) is 10.6. The number of carbonyl (C=O) groups is 1. The van der Waals surface area contributed by atoms with Gasteiger partial charge in [-0.3, -0.25) is 14.2 Å². The molecule has 5 rings (SSSR count). The molecule has 1 amide bonds. The van der Waals surface area contributed by atoms with Crippen molar-refractivity contribution in [2.45, 2.75) is 32.9 Å². The number of rotatable bonds is 7. The highest BCUT2D eigenvalue weighted by Gasteiger charge is 2.30. The number of hydrogen-bond acceptors (Lipinski definition) is 4. The lowest BCUT2D eigenvalue weighted by Gasteiger charge is -2.32. The predicted molar refractivity (Wildman–Crippen MR) is 148 cm³/mol. The van der Waals surface area contributed by atoms with Crippen LogP contribution in [0.4, 0.5) is 0 Å². The van der Waals surface area contributed by atoms with Crippen LogP contribution in [0.3, 0.4) is 0 Å². The molecule has 0 radical (unpaired) electrons. The van der Waals surface area contributed by atoms with E-state index in [-0.39, 0.29) is 18.0 Å². The average molecular weight is 556 g/mol. The van der Waals surface area contributed by atoms with Crippen LogP contribution in [0.25, 0.3) is 16.6 Å². The number of halogens is 1. The summed E-state index contributed by atoms with van der Waals surface area (Å²) in [6.45, 7) is 4.22. The molecule has 0 aliphatic rings. The number of furan rings is 1. The summed E-state index contributed by atoms with van der Waals surface area (Å²) in [5.41, 5.74) is 2.73. The summed E-state index contributed by atoms with van der Waals surface area (Å²) in [4.78, 5) is 34.5. The van der Waals surface area contributed by atoms with Gasteiger partial charge in [0.2, 0.25) is 0 Å². The second-order valence-electron chi connectivity index (χ2n) is 8.91. The van der Waals surface area contributed by atoms with E-state index in [4.69, 9.17) is 9.40 Å². The van der Waals surface area contributed by atoms with Gasteiger partial charge in [-0.15, -0.1) is 0 Å². The highest BCUT2D eigenvalue weighted by atomic mass is 79.9. The summed E-state index contributed by atoms with van der Waals surface area (Å²) in [6.07, 6.45) is 2.14. The molecule has 6 nitrogen and oxygen atoms in total. The Hall–Kier alpha value is -3.97. The Morgan fingerprint density at radius 2 is 1.73 bits per heavy atom. The highest BCUT2D eigenvalue weighted by molar-refractivity contribution is 9.10. The Morgan fingerprint density at radius 1 is 1.00 bits per heavy atom. The largest absolute Gasteiger partial charge is 0.467 e. The number of para-hydroxylation sites is 1. The van der Waals surface area contributed by atoms with Crippen LogP contribution in [0, 0.1) is 6.92 Å². The zero-order valence-electron chi connectivity index (χ0n) is 20.6. The summed E-state index contributed by atoms with van der Waals surface area (Å²) in [6, 6.07) is 25.5. The van der Waals surface area contributed by atoms with Gasteiger partial charge in [-0.05, 0) is 74.0 Å². The van der Waals surface area contributed by atoms with Gasteiger partial charge in [-0.1, -0.05) is 52.7 Å². The number of aromatic nitrogens is 2. The maximum absolute atomic E-state index is 14.0. The SMILES string of the molecule is CCC(c1nc2ccccc2c(=O)n1-c1ccc(Br)cc1)N(Cc1ccco1)C(=O)c1ccc(C)cc1. The average Bonchev–Trinajstić information content (AvgIpc) is 3.43.